The Bertz CT molecular complexity index is 462. The molecule has 0 atom stereocenters. The maximum atomic E-state index is 5.63. The van der Waals surface area contributed by atoms with E-state index in [1.807, 2.05) is 0 Å². The van der Waals surface area contributed by atoms with Crippen LogP contribution in [0.5, 0.6) is 0 Å². The maximum Gasteiger partial charge on any atom is 0.135 e. The lowest BCUT2D eigenvalue weighted by atomic mass is 9.96. The molecule has 1 aromatic rings. The zero-order valence-electron chi connectivity index (χ0n) is 12.9. The molecule has 0 saturated carbocycles. The number of anilines is 1. The van der Waals surface area contributed by atoms with Gasteiger partial charge in [0.15, 0.2) is 0 Å². The Labute approximate surface area is 127 Å². The minimum atomic E-state index is 0.791. The lowest BCUT2D eigenvalue weighted by Gasteiger charge is -2.27. The fraction of sp³-hybridized carbons (Fsp3) is 0.750. The number of hydrogen-bond acceptors (Lipinski definition) is 5. The molecule has 3 rings (SSSR count). The predicted molar refractivity (Wildman–Crippen MR) is 85.6 cm³/mol. The SMILES string of the molecule is NCCCN1CCCN(c2ncnc3c2CCCC3)CC1. The summed E-state index contributed by atoms with van der Waals surface area (Å²) in [5.41, 5.74) is 8.33. The summed E-state index contributed by atoms with van der Waals surface area (Å²) in [7, 11) is 0. The molecular formula is C16H27N5. The molecule has 0 unspecified atom stereocenters. The van der Waals surface area contributed by atoms with Gasteiger partial charge in [-0.3, -0.25) is 0 Å². The van der Waals surface area contributed by atoms with E-state index in [0.717, 1.165) is 52.0 Å². The zero-order valence-corrected chi connectivity index (χ0v) is 12.9. The normalized spacial score (nSPS) is 20.1. The number of rotatable bonds is 4. The van der Waals surface area contributed by atoms with Gasteiger partial charge in [-0.2, -0.15) is 0 Å². The molecule has 0 bridgehead atoms. The quantitative estimate of drug-likeness (QED) is 0.903. The van der Waals surface area contributed by atoms with Crippen molar-refractivity contribution in [3.05, 3.63) is 17.6 Å². The molecule has 2 aliphatic rings. The van der Waals surface area contributed by atoms with Gasteiger partial charge in [0.25, 0.3) is 0 Å². The van der Waals surface area contributed by atoms with Crippen molar-refractivity contribution in [1.29, 1.82) is 0 Å². The Hall–Kier alpha value is -1.20. The summed E-state index contributed by atoms with van der Waals surface area (Å²) in [5.74, 6) is 1.21. The van der Waals surface area contributed by atoms with Gasteiger partial charge in [-0.25, -0.2) is 9.97 Å². The summed E-state index contributed by atoms with van der Waals surface area (Å²) >= 11 is 0. The standard InChI is InChI=1S/C16H27N5/c17-7-3-8-20-9-4-10-21(12-11-20)16-14-5-1-2-6-15(14)18-13-19-16/h13H,1-12,17H2. The molecule has 0 amide bonds. The van der Waals surface area contributed by atoms with Crippen molar-refractivity contribution in [1.82, 2.24) is 14.9 Å². The second-order valence-electron chi connectivity index (χ2n) is 6.15. The Balaban J connectivity index is 1.70. The Morgan fingerprint density at radius 1 is 1.00 bits per heavy atom. The number of nitrogens with two attached hydrogens (primary N) is 1. The van der Waals surface area contributed by atoms with Gasteiger partial charge in [0.05, 0.1) is 0 Å². The maximum absolute atomic E-state index is 5.63. The first kappa shape index (κ1) is 14.7. The van der Waals surface area contributed by atoms with Crippen LogP contribution >= 0.6 is 0 Å². The van der Waals surface area contributed by atoms with Gasteiger partial charge < -0.3 is 15.5 Å². The van der Waals surface area contributed by atoms with Crippen LogP contribution in [-0.4, -0.2) is 54.1 Å². The average Bonchev–Trinajstić information content (AvgIpc) is 2.78. The van der Waals surface area contributed by atoms with Crippen LogP contribution in [-0.2, 0) is 12.8 Å². The van der Waals surface area contributed by atoms with Crippen LogP contribution in [0.2, 0.25) is 0 Å². The highest BCUT2D eigenvalue weighted by Gasteiger charge is 2.21. The third-order valence-electron chi connectivity index (χ3n) is 4.67. The van der Waals surface area contributed by atoms with Crippen molar-refractivity contribution in [3.63, 3.8) is 0 Å². The number of aryl methyl sites for hydroxylation is 1. The van der Waals surface area contributed by atoms with Crippen LogP contribution in [0.1, 0.15) is 36.9 Å². The first-order valence-corrected chi connectivity index (χ1v) is 8.38. The minimum absolute atomic E-state index is 0.791. The number of hydrogen-bond donors (Lipinski definition) is 1. The molecule has 0 aromatic carbocycles. The molecule has 0 radical (unpaired) electrons. The van der Waals surface area contributed by atoms with E-state index < -0.39 is 0 Å². The summed E-state index contributed by atoms with van der Waals surface area (Å²) in [6.07, 6.45) is 8.91. The van der Waals surface area contributed by atoms with E-state index in [4.69, 9.17) is 5.73 Å². The highest BCUT2D eigenvalue weighted by atomic mass is 15.2. The summed E-state index contributed by atoms with van der Waals surface area (Å²) in [6, 6.07) is 0. The number of fused-ring (bicyclic) bond motifs is 1. The summed E-state index contributed by atoms with van der Waals surface area (Å²) in [6.45, 7) is 6.42. The van der Waals surface area contributed by atoms with E-state index in [1.54, 1.807) is 6.33 Å². The highest BCUT2D eigenvalue weighted by molar-refractivity contribution is 5.49. The highest BCUT2D eigenvalue weighted by Crippen LogP contribution is 2.27. The molecule has 5 heteroatoms. The molecule has 5 nitrogen and oxygen atoms in total. The monoisotopic (exact) mass is 289 g/mol. The van der Waals surface area contributed by atoms with Crippen LogP contribution in [0.15, 0.2) is 6.33 Å². The molecule has 1 fully saturated rings. The number of nitrogens with zero attached hydrogens (tertiary/aromatic N) is 4. The van der Waals surface area contributed by atoms with Crippen LogP contribution in [0.3, 0.4) is 0 Å². The molecule has 21 heavy (non-hydrogen) atoms. The van der Waals surface area contributed by atoms with Crippen molar-refractivity contribution < 1.29 is 0 Å². The van der Waals surface area contributed by atoms with Crippen molar-refractivity contribution in [2.45, 2.75) is 38.5 Å². The van der Waals surface area contributed by atoms with Gasteiger partial charge in [0, 0.05) is 30.9 Å². The molecule has 2 N–H and O–H groups in total. The molecule has 1 aromatic heterocycles. The van der Waals surface area contributed by atoms with E-state index in [-0.39, 0.29) is 0 Å². The predicted octanol–water partition coefficient (Wildman–Crippen LogP) is 1.22. The molecule has 2 heterocycles. The van der Waals surface area contributed by atoms with Crippen molar-refractivity contribution in [2.75, 3.05) is 44.2 Å². The molecule has 116 valence electrons. The molecule has 1 aliphatic heterocycles. The van der Waals surface area contributed by atoms with Gasteiger partial charge in [-0.15, -0.1) is 0 Å². The van der Waals surface area contributed by atoms with Crippen LogP contribution < -0.4 is 10.6 Å². The van der Waals surface area contributed by atoms with Gasteiger partial charge >= 0.3 is 0 Å². The Morgan fingerprint density at radius 2 is 1.90 bits per heavy atom. The third-order valence-corrected chi connectivity index (χ3v) is 4.67. The lowest BCUT2D eigenvalue weighted by Crippen LogP contribution is -2.33. The Kier molecular flexibility index (Phi) is 5.04. The van der Waals surface area contributed by atoms with E-state index in [2.05, 4.69) is 19.8 Å². The minimum Gasteiger partial charge on any atom is -0.355 e. The van der Waals surface area contributed by atoms with E-state index >= 15 is 0 Å². The van der Waals surface area contributed by atoms with E-state index in [9.17, 15) is 0 Å². The topological polar surface area (TPSA) is 58.3 Å². The van der Waals surface area contributed by atoms with E-state index in [1.165, 1.54) is 42.9 Å². The molecule has 1 saturated heterocycles. The second-order valence-corrected chi connectivity index (χ2v) is 6.15. The number of aromatic nitrogens is 2. The zero-order chi connectivity index (χ0) is 14.5. The van der Waals surface area contributed by atoms with Crippen molar-refractivity contribution in [2.24, 2.45) is 5.73 Å². The van der Waals surface area contributed by atoms with Crippen LogP contribution in [0.25, 0.3) is 0 Å². The fourth-order valence-corrected chi connectivity index (χ4v) is 3.50. The molecular weight excluding hydrogens is 262 g/mol. The smallest absolute Gasteiger partial charge is 0.135 e. The van der Waals surface area contributed by atoms with Crippen molar-refractivity contribution >= 4 is 5.82 Å². The van der Waals surface area contributed by atoms with Crippen LogP contribution in [0.4, 0.5) is 5.82 Å². The van der Waals surface area contributed by atoms with Gasteiger partial charge in [0.2, 0.25) is 0 Å². The summed E-state index contributed by atoms with van der Waals surface area (Å²) in [5, 5.41) is 0. The van der Waals surface area contributed by atoms with Gasteiger partial charge in [-0.1, -0.05) is 0 Å². The largest absolute Gasteiger partial charge is 0.355 e. The first-order chi connectivity index (χ1) is 10.4. The van der Waals surface area contributed by atoms with Gasteiger partial charge in [0.1, 0.15) is 12.1 Å². The summed E-state index contributed by atoms with van der Waals surface area (Å²) < 4.78 is 0. The Morgan fingerprint density at radius 3 is 2.81 bits per heavy atom. The lowest BCUT2D eigenvalue weighted by molar-refractivity contribution is 0.291. The molecule has 0 spiro atoms. The van der Waals surface area contributed by atoms with Gasteiger partial charge in [-0.05, 0) is 58.2 Å². The molecule has 1 aliphatic carbocycles. The van der Waals surface area contributed by atoms with E-state index in [0.29, 0.717) is 0 Å². The first-order valence-electron chi connectivity index (χ1n) is 8.38. The average molecular weight is 289 g/mol. The second kappa shape index (κ2) is 7.18. The van der Waals surface area contributed by atoms with Crippen LogP contribution in [0, 0.1) is 0 Å². The van der Waals surface area contributed by atoms with Crippen molar-refractivity contribution in [3.8, 4) is 0 Å². The fourth-order valence-electron chi connectivity index (χ4n) is 3.50. The third kappa shape index (κ3) is 3.52. The summed E-state index contributed by atoms with van der Waals surface area (Å²) in [4.78, 5) is 14.1.